The number of halogens is 5. The maximum absolute atomic E-state index is 12.8. The number of nitrogens with one attached hydrogen (secondary N) is 1. The molecule has 1 aromatic heterocycles. The summed E-state index contributed by atoms with van der Waals surface area (Å²) in [7, 11) is 0. The number of nitro groups is 1. The van der Waals surface area contributed by atoms with Gasteiger partial charge in [0.2, 0.25) is 0 Å². The number of benzene rings is 1. The van der Waals surface area contributed by atoms with Gasteiger partial charge in [-0.05, 0) is 6.07 Å². The normalized spacial score (nSPS) is 11.5. The second-order valence-corrected chi connectivity index (χ2v) is 6.14. The minimum Gasteiger partial charge on any atom is -0.375 e. The fraction of sp³-hybridized carbons (Fsp3) is 0.182. The first kappa shape index (κ1) is 16.8. The lowest BCUT2D eigenvalue weighted by Gasteiger charge is -2.12. The van der Waals surface area contributed by atoms with E-state index < -0.39 is 27.4 Å². The fourth-order valence-corrected chi connectivity index (χ4v) is 2.80. The van der Waals surface area contributed by atoms with E-state index >= 15 is 0 Å². The van der Waals surface area contributed by atoms with E-state index in [-0.39, 0.29) is 16.7 Å². The second kappa shape index (κ2) is 6.27. The van der Waals surface area contributed by atoms with Crippen molar-refractivity contribution in [2.75, 3.05) is 5.32 Å². The Morgan fingerprint density at radius 2 is 2.05 bits per heavy atom. The molecule has 0 atom stereocenters. The molecule has 11 heteroatoms. The summed E-state index contributed by atoms with van der Waals surface area (Å²) >= 11 is 12.2. The third-order valence-electron chi connectivity index (χ3n) is 2.57. The van der Waals surface area contributed by atoms with Gasteiger partial charge >= 0.3 is 6.18 Å². The Kier molecular flexibility index (Phi) is 4.78. The zero-order chi connectivity index (χ0) is 16.5. The number of hydrogen-bond acceptors (Lipinski definition) is 5. The molecule has 0 bridgehead atoms. The summed E-state index contributed by atoms with van der Waals surface area (Å²) in [5, 5.41) is 12.8. The van der Waals surface area contributed by atoms with Gasteiger partial charge in [0.1, 0.15) is 5.69 Å². The van der Waals surface area contributed by atoms with Crippen LogP contribution in [-0.4, -0.2) is 9.91 Å². The Hall–Kier alpha value is -1.58. The van der Waals surface area contributed by atoms with Crippen LogP contribution in [-0.2, 0) is 12.7 Å². The molecule has 0 aliphatic heterocycles. The lowest BCUT2D eigenvalue weighted by Crippen LogP contribution is -2.09. The summed E-state index contributed by atoms with van der Waals surface area (Å²) in [6.07, 6.45) is -3.29. The standard InChI is InChI=1S/C11H6Cl2F3N3O2S/c12-7-2-9(19(20)21)8(1-6(7)11(14,15)16)17-3-5-4-18-10(13)22-5/h1-2,4,17H,3H2. The van der Waals surface area contributed by atoms with Crippen LogP contribution in [0.25, 0.3) is 0 Å². The molecule has 0 unspecified atom stereocenters. The maximum atomic E-state index is 12.8. The van der Waals surface area contributed by atoms with Crippen molar-refractivity contribution in [3.05, 3.63) is 48.4 Å². The average Bonchev–Trinajstić information content (AvgIpc) is 2.81. The SMILES string of the molecule is O=[N+]([O-])c1cc(Cl)c(C(F)(F)F)cc1NCc1cnc(Cl)s1. The molecule has 0 amide bonds. The molecule has 1 N–H and O–H groups in total. The highest BCUT2D eigenvalue weighted by Crippen LogP contribution is 2.40. The van der Waals surface area contributed by atoms with Gasteiger partial charge in [-0.15, -0.1) is 11.3 Å². The molecule has 2 rings (SSSR count). The van der Waals surface area contributed by atoms with E-state index in [1.54, 1.807) is 0 Å². The minimum atomic E-state index is -4.71. The molecule has 0 fully saturated rings. The number of rotatable bonds is 4. The Labute approximate surface area is 135 Å². The lowest BCUT2D eigenvalue weighted by atomic mass is 10.1. The van der Waals surface area contributed by atoms with E-state index in [1.807, 2.05) is 0 Å². The maximum Gasteiger partial charge on any atom is 0.417 e. The van der Waals surface area contributed by atoms with E-state index in [1.165, 1.54) is 6.20 Å². The van der Waals surface area contributed by atoms with E-state index in [0.717, 1.165) is 11.3 Å². The first-order chi connectivity index (χ1) is 10.2. The molecule has 0 saturated carbocycles. The van der Waals surface area contributed by atoms with Gasteiger partial charge in [0.05, 0.1) is 22.1 Å². The number of thiazole rings is 1. The summed E-state index contributed by atoms with van der Waals surface area (Å²) in [6.45, 7) is 0.0458. The predicted octanol–water partition coefficient (Wildman–Crippen LogP) is 4.99. The highest BCUT2D eigenvalue weighted by molar-refractivity contribution is 7.15. The van der Waals surface area contributed by atoms with Crippen LogP contribution < -0.4 is 5.32 Å². The van der Waals surface area contributed by atoms with Gasteiger partial charge in [0, 0.05) is 17.1 Å². The third kappa shape index (κ3) is 3.79. The van der Waals surface area contributed by atoms with Crippen molar-refractivity contribution in [2.24, 2.45) is 0 Å². The van der Waals surface area contributed by atoms with Crippen molar-refractivity contribution >= 4 is 45.9 Å². The van der Waals surface area contributed by atoms with E-state index in [9.17, 15) is 23.3 Å². The summed E-state index contributed by atoms with van der Waals surface area (Å²) in [4.78, 5) is 14.5. The monoisotopic (exact) mass is 371 g/mol. The van der Waals surface area contributed by atoms with Crippen molar-refractivity contribution in [3.63, 3.8) is 0 Å². The number of anilines is 1. The molecule has 1 aromatic carbocycles. The molecule has 118 valence electrons. The van der Waals surface area contributed by atoms with Crippen LogP contribution >= 0.6 is 34.5 Å². The summed E-state index contributed by atoms with van der Waals surface area (Å²) in [6, 6.07) is 1.29. The highest BCUT2D eigenvalue weighted by atomic mass is 35.5. The quantitative estimate of drug-likeness (QED) is 0.607. The Bertz CT molecular complexity index is 721. The summed E-state index contributed by atoms with van der Waals surface area (Å²) < 4.78 is 38.7. The molecule has 2 aromatic rings. The van der Waals surface area contributed by atoms with Crippen LogP contribution in [0.15, 0.2) is 18.3 Å². The summed E-state index contributed by atoms with van der Waals surface area (Å²) in [5.41, 5.74) is -1.98. The van der Waals surface area contributed by atoms with Gasteiger partial charge < -0.3 is 5.32 Å². The smallest absolute Gasteiger partial charge is 0.375 e. The molecule has 0 aliphatic carbocycles. The van der Waals surface area contributed by atoms with Gasteiger partial charge in [-0.3, -0.25) is 10.1 Å². The Morgan fingerprint density at radius 1 is 1.36 bits per heavy atom. The van der Waals surface area contributed by atoms with Crippen LogP contribution in [0.5, 0.6) is 0 Å². The van der Waals surface area contributed by atoms with Crippen LogP contribution in [0.3, 0.4) is 0 Å². The van der Waals surface area contributed by atoms with Gasteiger partial charge in [-0.2, -0.15) is 13.2 Å². The first-order valence-electron chi connectivity index (χ1n) is 5.57. The van der Waals surface area contributed by atoms with Crippen molar-refractivity contribution in [2.45, 2.75) is 12.7 Å². The van der Waals surface area contributed by atoms with Crippen molar-refractivity contribution in [1.82, 2.24) is 4.98 Å². The second-order valence-electron chi connectivity index (χ2n) is 4.04. The Morgan fingerprint density at radius 3 is 2.55 bits per heavy atom. The Balaban J connectivity index is 2.36. The molecule has 0 spiro atoms. The highest BCUT2D eigenvalue weighted by Gasteiger charge is 2.35. The molecular formula is C11H6Cl2F3N3O2S. The van der Waals surface area contributed by atoms with Crippen LogP contribution in [0, 0.1) is 10.1 Å². The first-order valence-corrected chi connectivity index (χ1v) is 7.15. The van der Waals surface area contributed by atoms with Crippen molar-refractivity contribution in [3.8, 4) is 0 Å². The molecule has 1 heterocycles. The topological polar surface area (TPSA) is 68.1 Å². The van der Waals surface area contributed by atoms with Crippen LogP contribution in [0.2, 0.25) is 9.49 Å². The van der Waals surface area contributed by atoms with Gasteiger partial charge in [-0.1, -0.05) is 23.2 Å². The fourth-order valence-electron chi connectivity index (χ4n) is 1.62. The zero-order valence-electron chi connectivity index (χ0n) is 10.4. The van der Waals surface area contributed by atoms with Gasteiger partial charge in [0.15, 0.2) is 4.47 Å². The van der Waals surface area contributed by atoms with Gasteiger partial charge in [0.25, 0.3) is 5.69 Å². The number of alkyl halides is 3. The largest absolute Gasteiger partial charge is 0.417 e. The number of nitro benzene ring substituents is 1. The van der Waals surface area contributed by atoms with Crippen LogP contribution in [0.4, 0.5) is 24.5 Å². The van der Waals surface area contributed by atoms with E-state index in [4.69, 9.17) is 23.2 Å². The minimum absolute atomic E-state index is 0.0458. The van der Waals surface area contributed by atoms with Crippen molar-refractivity contribution < 1.29 is 18.1 Å². The number of hydrogen-bond donors (Lipinski definition) is 1. The van der Waals surface area contributed by atoms with E-state index in [0.29, 0.717) is 17.0 Å². The third-order valence-corrected chi connectivity index (χ3v) is 3.99. The van der Waals surface area contributed by atoms with Gasteiger partial charge in [-0.25, -0.2) is 4.98 Å². The number of nitrogens with zero attached hydrogens (tertiary/aromatic N) is 2. The predicted molar refractivity (Wildman–Crippen MR) is 77.6 cm³/mol. The number of aromatic nitrogens is 1. The van der Waals surface area contributed by atoms with E-state index in [2.05, 4.69) is 10.3 Å². The molecule has 0 radical (unpaired) electrons. The average molecular weight is 372 g/mol. The van der Waals surface area contributed by atoms with Crippen LogP contribution in [0.1, 0.15) is 10.4 Å². The zero-order valence-corrected chi connectivity index (χ0v) is 12.8. The molecule has 5 nitrogen and oxygen atoms in total. The van der Waals surface area contributed by atoms with Crippen molar-refractivity contribution in [1.29, 1.82) is 0 Å². The molecular weight excluding hydrogens is 366 g/mol. The molecule has 0 saturated heterocycles. The molecule has 22 heavy (non-hydrogen) atoms. The lowest BCUT2D eigenvalue weighted by molar-refractivity contribution is -0.384. The summed E-state index contributed by atoms with van der Waals surface area (Å²) in [5.74, 6) is 0. The molecule has 0 aliphatic rings.